The maximum absolute atomic E-state index is 9.66. The van der Waals surface area contributed by atoms with Crippen LogP contribution in [0.5, 0.6) is 0 Å². The van der Waals surface area contributed by atoms with Gasteiger partial charge in [0, 0.05) is 13.1 Å². The van der Waals surface area contributed by atoms with Crippen LogP contribution in [0.3, 0.4) is 0 Å². The molecule has 0 aromatic carbocycles. The number of piperidine rings is 1. The van der Waals surface area contributed by atoms with Gasteiger partial charge < -0.3 is 15.7 Å². The quantitative estimate of drug-likeness (QED) is 0.783. The van der Waals surface area contributed by atoms with Gasteiger partial charge in [-0.05, 0) is 18.4 Å². The minimum Gasteiger partial charge on any atom is -0.397 e. The van der Waals surface area contributed by atoms with Gasteiger partial charge in [-0.15, -0.1) is 0 Å². The van der Waals surface area contributed by atoms with Crippen molar-refractivity contribution in [3.8, 4) is 0 Å². The molecular formula is C11H16ClN3O. The van der Waals surface area contributed by atoms with Gasteiger partial charge in [-0.3, -0.25) is 0 Å². The van der Waals surface area contributed by atoms with Crippen molar-refractivity contribution in [1.29, 1.82) is 0 Å². The highest BCUT2D eigenvalue weighted by atomic mass is 35.5. The summed E-state index contributed by atoms with van der Waals surface area (Å²) in [6.07, 6.45) is 2.14. The summed E-state index contributed by atoms with van der Waals surface area (Å²) in [5, 5.41) is 10.2. The lowest BCUT2D eigenvalue weighted by molar-refractivity contribution is 0.0969. The molecule has 4 nitrogen and oxygen atoms in total. The third-order valence-corrected chi connectivity index (χ3v) is 3.28. The number of halogens is 1. The molecule has 0 amide bonds. The minimum atomic E-state index is -0.219. The van der Waals surface area contributed by atoms with Crippen molar-refractivity contribution < 1.29 is 5.11 Å². The van der Waals surface area contributed by atoms with E-state index in [1.54, 1.807) is 12.3 Å². The number of aromatic nitrogens is 1. The molecule has 88 valence electrons. The third-order valence-electron chi connectivity index (χ3n) is 3.00. The molecule has 3 N–H and O–H groups in total. The molecule has 1 saturated heterocycles. The Morgan fingerprint density at radius 3 is 3.00 bits per heavy atom. The summed E-state index contributed by atoms with van der Waals surface area (Å²) in [7, 11) is 0. The second-order valence-corrected chi connectivity index (χ2v) is 4.76. The standard InChI is InChI=1S/C11H16ClN3O/c1-7-6-15(3-2-10(7)16)11-9(12)4-8(13)5-14-11/h4-5,7,10,16H,2-3,6,13H2,1H3. The number of hydrogen-bond donors (Lipinski definition) is 2. The highest BCUT2D eigenvalue weighted by Gasteiger charge is 2.25. The molecule has 2 rings (SSSR count). The van der Waals surface area contributed by atoms with E-state index in [0.717, 1.165) is 25.3 Å². The van der Waals surface area contributed by atoms with Crippen molar-refractivity contribution in [3.05, 3.63) is 17.3 Å². The van der Waals surface area contributed by atoms with Gasteiger partial charge in [-0.1, -0.05) is 18.5 Å². The first-order valence-electron chi connectivity index (χ1n) is 5.42. The van der Waals surface area contributed by atoms with Gasteiger partial charge in [0.05, 0.1) is 23.0 Å². The van der Waals surface area contributed by atoms with Crippen molar-refractivity contribution in [2.45, 2.75) is 19.4 Å². The van der Waals surface area contributed by atoms with Crippen LogP contribution in [-0.4, -0.2) is 29.3 Å². The molecule has 1 aromatic heterocycles. The summed E-state index contributed by atoms with van der Waals surface area (Å²) in [6.45, 7) is 3.59. The molecule has 1 fully saturated rings. The van der Waals surface area contributed by atoms with Crippen molar-refractivity contribution in [2.75, 3.05) is 23.7 Å². The summed E-state index contributed by atoms with van der Waals surface area (Å²) >= 11 is 6.10. The van der Waals surface area contributed by atoms with Gasteiger partial charge in [-0.2, -0.15) is 0 Å². The number of pyridine rings is 1. The van der Waals surface area contributed by atoms with Gasteiger partial charge in [0.2, 0.25) is 0 Å². The lowest BCUT2D eigenvalue weighted by Gasteiger charge is -2.35. The molecule has 0 radical (unpaired) electrons. The highest BCUT2D eigenvalue weighted by Crippen LogP contribution is 2.28. The van der Waals surface area contributed by atoms with Crippen LogP contribution in [0.4, 0.5) is 11.5 Å². The Kier molecular flexibility index (Phi) is 3.21. The number of anilines is 2. The molecule has 16 heavy (non-hydrogen) atoms. The molecule has 1 aliphatic heterocycles. The van der Waals surface area contributed by atoms with Crippen LogP contribution < -0.4 is 10.6 Å². The van der Waals surface area contributed by atoms with E-state index in [1.165, 1.54) is 0 Å². The zero-order chi connectivity index (χ0) is 11.7. The fraction of sp³-hybridized carbons (Fsp3) is 0.545. The first-order chi connectivity index (χ1) is 7.58. The van der Waals surface area contributed by atoms with E-state index in [4.69, 9.17) is 17.3 Å². The van der Waals surface area contributed by atoms with E-state index in [0.29, 0.717) is 10.7 Å². The van der Waals surface area contributed by atoms with Gasteiger partial charge in [0.1, 0.15) is 5.82 Å². The largest absolute Gasteiger partial charge is 0.397 e. The zero-order valence-corrected chi connectivity index (χ0v) is 9.98. The second kappa shape index (κ2) is 4.47. The number of nitrogens with two attached hydrogens (primary N) is 1. The number of hydrogen-bond acceptors (Lipinski definition) is 4. The van der Waals surface area contributed by atoms with Gasteiger partial charge >= 0.3 is 0 Å². The topological polar surface area (TPSA) is 62.4 Å². The van der Waals surface area contributed by atoms with Crippen LogP contribution in [0.2, 0.25) is 5.02 Å². The zero-order valence-electron chi connectivity index (χ0n) is 9.23. The Balaban J connectivity index is 2.18. The van der Waals surface area contributed by atoms with Crippen LogP contribution in [-0.2, 0) is 0 Å². The average molecular weight is 242 g/mol. The molecule has 1 aliphatic rings. The Hall–Kier alpha value is -1.00. The van der Waals surface area contributed by atoms with Crippen molar-refractivity contribution >= 4 is 23.1 Å². The normalized spacial score (nSPS) is 25.8. The van der Waals surface area contributed by atoms with E-state index in [2.05, 4.69) is 9.88 Å². The molecule has 0 saturated carbocycles. The summed E-state index contributed by atoms with van der Waals surface area (Å²) in [6, 6.07) is 1.71. The molecular weight excluding hydrogens is 226 g/mol. The van der Waals surface area contributed by atoms with Crippen molar-refractivity contribution in [3.63, 3.8) is 0 Å². The molecule has 1 aromatic rings. The molecule has 0 aliphatic carbocycles. The van der Waals surface area contributed by atoms with E-state index in [9.17, 15) is 5.11 Å². The maximum Gasteiger partial charge on any atom is 0.147 e. The summed E-state index contributed by atoms with van der Waals surface area (Å²) < 4.78 is 0. The van der Waals surface area contributed by atoms with Crippen LogP contribution in [0.25, 0.3) is 0 Å². The first-order valence-corrected chi connectivity index (χ1v) is 5.79. The van der Waals surface area contributed by atoms with E-state index in [-0.39, 0.29) is 12.0 Å². The molecule has 0 spiro atoms. The fourth-order valence-electron chi connectivity index (χ4n) is 2.00. The van der Waals surface area contributed by atoms with Crippen LogP contribution >= 0.6 is 11.6 Å². The van der Waals surface area contributed by atoms with Gasteiger partial charge in [0.15, 0.2) is 0 Å². The number of aliphatic hydroxyl groups excluding tert-OH is 1. The summed E-state index contributed by atoms with van der Waals surface area (Å²) in [4.78, 5) is 6.34. The first kappa shape index (κ1) is 11.5. The van der Waals surface area contributed by atoms with Crippen LogP contribution in [0.15, 0.2) is 12.3 Å². The SMILES string of the molecule is CC1CN(c2ncc(N)cc2Cl)CCC1O. The second-order valence-electron chi connectivity index (χ2n) is 4.35. The van der Waals surface area contributed by atoms with E-state index >= 15 is 0 Å². The Bertz CT molecular complexity index is 385. The summed E-state index contributed by atoms with van der Waals surface area (Å²) in [5.41, 5.74) is 6.17. The molecule has 2 unspecified atom stereocenters. The number of rotatable bonds is 1. The lowest BCUT2D eigenvalue weighted by atomic mass is 9.97. The molecule has 2 atom stereocenters. The highest BCUT2D eigenvalue weighted by molar-refractivity contribution is 6.33. The van der Waals surface area contributed by atoms with Crippen LogP contribution in [0.1, 0.15) is 13.3 Å². The number of nitrogens with zero attached hydrogens (tertiary/aromatic N) is 2. The third kappa shape index (κ3) is 2.23. The summed E-state index contributed by atoms with van der Waals surface area (Å²) in [5.74, 6) is 0.999. The van der Waals surface area contributed by atoms with Gasteiger partial charge in [0.25, 0.3) is 0 Å². The average Bonchev–Trinajstić information content (AvgIpc) is 2.22. The Labute approximate surface area is 100 Å². The predicted octanol–water partition coefficient (Wildman–Crippen LogP) is 1.52. The molecule has 0 bridgehead atoms. The monoisotopic (exact) mass is 241 g/mol. The smallest absolute Gasteiger partial charge is 0.147 e. The Morgan fingerprint density at radius 2 is 2.38 bits per heavy atom. The van der Waals surface area contributed by atoms with Gasteiger partial charge in [-0.25, -0.2) is 4.98 Å². The molecule has 2 heterocycles. The number of nitrogen functional groups attached to an aromatic ring is 1. The molecule has 5 heteroatoms. The fourth-order valence-corrected chi connectivity index (χ4v) is 2.30. The predicted molar refractivity (Wildman–Crippen MR) is 65.7 cm³/mol. The van der Waals surface area contributed by atoms with E-state index in [1.807, 2.05) is 6.92 Å². The van der Waals surface area contributed by atoms with Crippen molar-refractivity contribution in [2.24, 2.45) is 5.92 Å². The number of aliphatic hydroxyl groups is 1. The van der Waals surface area contributed by atoms with Crippen LogP contribution in [0, 0.1) is 5.92 Å². The lowest BCUT2D eigenvalue weighted by Crippen LogP contribution is -2.42. The van der Waals surface area contributed by atoms with Crippen molar-refractivity contribution in [1.82, 2.24) is 4.98 Å². The Morgan fingerprint density at radius 1 is 1.62 bits per heavy atom. The van der Waals surface area contributed by atoms with E-state index < -0.39 is 0 Å². The minimum absolute atomic E-state index is 0.219. The maximum atomic E-state index is 9.66.